The van der Waals surface area contributed by atoms with Crippen LogP contribution in [0.1, 0.15) is 24.4 Å². The fourth-order valence-corrected chi connectivity index (χ4v) is 3.45. The van der Waals surface area contributed by atoms with Gasteiger partial charge < -0.3 is 4.57 Å². The van der Waals surface area contributed by atoms with Gasteiger partial charge in [0.05, 0.1) is 17.6 Å². The number of aromatic nitrogens is 2. The van der Waals surface area contributed by atoms with Crippen molar-refractivity contribution in [1.82, 2.24) is 14.5 Å². The number of halogens is 1. The Morgan fingerprint density at radius 2 is 1.91 bits per heavy atom. The Bertz CT molecular complexity index is 810. The summed E-state index contributed by atoms with van der Waals surface area (Å²) in [7, 11) is 0. The number of hydrogen-bond donors (Lipinski definition) is 0. The molecule has 0 saturated heterocycles. The third-order valence-electron chi connectivity index (χ3n) is 4.57. The van der Waals surface area contributed by atoms with Crippen LogP contribution < -0.4 is 0 Å². The van der Waals surface area contributed by atoms with Gasteiger partial charge in [0.15, 0.2) is 0 Å². The zero-order valence-electron chi connectivity index (χ0n) is 12.5. The van der Waals surface area contributed by atoms with E-state index >= 15 is 0 Å². The van der Waals surface area contributed by atoms with Crippen LogP contribution >= 0.6 is 11.6 Å². The van der Waals surface area contributed by atoms with Gasteiger partial charge in [0.2, 0.25) is 0 Å². The summed E-state index contributed by atoms with van der Waals surface area (Å²) in [5, 5.41) is 0.748. The first-order valence-corrected chi connectivity index (χ1v) is 8.04. The third kappa shape index (κ3) is 2.31. The molecule has 4 heteroatoms. The van der Waals surface area contributed by atoms with Gasteiger partial charge in [-0.25, -0.2) is 4.98 Å². The molecule has 0 aliphatic carbocycles. The summed E-state index contributed by atoms with van der Waals surface area (Å²) in [6.07, 6.45) is 0. The van der Waals surface area contributed by atoms with E-state index in [1.54, 1.807) is 0 Å². The Morgan fingerprint density at radius 1 is 1.09 bits per heavy atom. The van der Waals surface area contributed by atoms with Crippen LogP contribution in [0.5, 0.6) is 0 Å². The van der Waals surface area contributed by atoms with Crippen molar-refractivity contribution in [2.45, 2.75) is 26.1 Å². The van der Waals surface area contributed by atoms with Crippen molar-refractivity contribution in [2.75, 3.05) is 6.54 Å². The topological polar surface area (TPSA) is 21.1 Å². The Balaban J connectivity index is 1.65. The first kappa shape index (κ1) is 13.8. The highest BCUT2D eigenvalue weighted by Gasteiger charge is 2.24. The average Bonchev–Trinajstić information content (AvgIpc) is 2.91. The van der Waals surface area contributed by atoms with E-state index < -0.39 is 0 Å². The highest BCUT2D eigenvalue weighted by atomic mass is 35.5. The van der Waals surface area contributed by atoms with Crippen LogP contribution in [0.25, 0.3) is 11.0 Å². The molecule has 0 fully saturated rings. The summed E-state index contributed by atoms with van der Waals surface area (Å²) in [6.45, 7) is 5.16. The number of hydrogen-bond acceptors (Lipinski definition) is 2. The molecule has 1 unspecified atom stereocenters. The zero-order valence-corrected chi connectivity index (χ0v) is 13.3. The summed E-state index contributed by atoms with van der Waals surface area (Å²) in [4.78, 5) is 7.26. The van der Waals surface area contributed by atoms with Gasteiger partial charge in [0.1, 0.15) is 5.82 Å². The van der Waals surface area contributed by atoms with Crippen LogP contribution in [0.15, 0.2) is 48.5 Å². The molecule has 1 aliphatic rings. The largest absolute Gasteiger partial charge is 0.326 e. The van der Waals surface area contributed by atoms with E-state index in [9.17, 15) is 0 Å². The normalized spacial score (nSPS) is 16.6. The molecule has 0 amide bonds. The first-order valence-electron chi connectivity index (χ1n) is 7.66. The molecule has 1 aliphatic heterocycles. The molecule has 4 rings (SSSR count). The fourth-order valence-electron chi connectivity index (χ4n) is 3.29. The molecule has 0 radical (unpaired) electrons. The van der Waals surface area contributed by atoms with E-state index in [0.29, 0.717) is 6.04 Å². The summed E-state index contributed by atoms with van der Waals surface area (Å²) in [6, 6.07) is 17.0. The van der Waals surface area contributed by atoms with Crippen molar-refractivity contribution in [3.63, 3.8) is 0 Å². The maximum absolute atomic E-state index is 6.08. The van der Waals surface area contributed by atoms with Crippen LogP contribution in [-0.4, -0.2) is 21.0 Å². The Kier molecular flexibility index (Phi) is 3.40. The molecule has 0 saturated carbocycles. The number of imidazole rings is 1. The van der Waals surface area contributed by atoms with E-state index in [4.69, 9.17) is 16.6 Å². The van der Waals surface area contributed by atoms with Gasteiger partial charge >= 0.3 is 0 Å². The molecular formula is C18H18ClN3. The smallest absolute Gasteiger partial charge is 0.124 e. The second-order valence-corrected chi connectivity index (χ2v) is 6.31. The number of nitrogens with zero attached hydrogens (tertiary/aromatic N) is 3. The molecule has 2 aromatic carbocycles. The fraction of sp³-hybridized carbons (Fsp3) is 0.278. The van der Waals surface area contributed by atoms with E-state index in [1.165, 1.54) is 11.1 Å². The molecular weight excluding hydrogens is 294 g/mol. The number of rotatable bonds is 2. The minimum atomic E-state index is 0.401. The molecule has 0 N–H and O–H groups in total. The van der Waals surface area contributed by atoms with E-state index in [2.05, 4.69) is 52.8 Å². The van der Waals surface area contributed by atoms with Crippen LogP contribution in [-0.2, 0) is 13.1 Å². The van der Waals surface area contributed by atoms with Gasteiger partial charge in [-0.2, -0.15) is 0 Å². The van der Waals surface area contributed by atoms with Crippen LogP contribution in [0.3, 0.4) is 0 Å². The summed E-state index contributed by atoms with van der Waals surface area (Å²) >= 11 is 6.08. The Morgan fingerprint density at radius 3 is 2.73 bits per heavy atom. The molecule has 2 heterocycles. The van der Waals surface area contributed by atoms with Crippen LogP contribution in [0.2, 0.25) is 5.02 Å². The lowest BCUT2D eigenvalue weighted by atomic mass is 10.1. The molecule has 22 heavy (non-hydrogen) atoms. The Hall–Kier alpha value is -1.84. The van der Waals surface area contributed by atoms with Gasteiger partial charge in [0, 0.05) is 24.2 Å². The van der Waals surface area contributed by atoms with Crippen molar-refractivity contribution in [3.8, 4) is 0 Å². The quantitative estimate of drug-likeness (QED) is 0.705. The van der Waals surface area contributed by atoms with E-state index in [0.717, 1.165) is 36.0 Å². The predicted molar refractivity (Wildman–Crippen MR) is 90.0 cm³/mol. The second kappa shape index (κ2) is 5.41. The van der Waals surface area contributed by atoms with Crippen molar-refractivity contribution < 1.29 is 0 Å². The lowest BCUT2D eigenvalue weighted by molar-refractivity contribution is 0.165. The van der Waals surface area contributed by atoms with Crippen LogP contribution in [0.4, 0.5) is 0 Å². The van der Waals surface area contributed by atoms with Gasteiger partial charge in [-0.3, -0.25) is 4.90 Å². The monoisotopic (exact) mass is 311 g/mol. The summed E-state index contributed by atoms with van der Waals surface area (Å²) in [5.74, 6) is 1.13. The van der Waals surface area contributed by atoms with Gasteiger partial charge in [0.25, 0.3) is 0 Å². The minimum absolute atomic E-state index is 0.401. The van der Waals surface area contributed by atoms with Gasteiger partial charge in [-0.05, 0) is 30.7 Å². The molecule has 1 atom stereocenters. The summed E-state index contributed by atoms with van der Waals surface area (Å²) in [5.41, 5.74) is 3.54. The lowest BCUT2D eigenvalue weighted by Crippen LogP contribution is -2.35. The molecule has 1 aromatic heterocycles. The predicted octanol–water partition coefficient (Wildman–Crippen LogP) is 4.27. The Labute approximate surface area is 135 Å². The van der Waals surface area contributed by atoms with Crippen molar-refractivity contribution in [3.05, 3.63) is 64.9 Å². The molecule has 0 bridgehead atoms. The number of fused-ring (bicyclic) bond motifs is 3. The molecule has 3 aromatic rings. The molecule has 112 valence electrons. The van der Waals surface area contributed by atoms with Gasteiger partial charge in [-0.15, -0.1) is 0 Å². The highest BCUT2D eigenvalue weighted by Crippen LogP contribution is 2.28. The number of benzene rings is 2. The standard InChI is InChI=1S/C18H18ClN3/c1-13(14-5-3-2-4-6-14)21-9-10-22-17-8-7-15(19)11-16(17)20-18(22)12-21/h2-8,11,13H,9-10,12H2,1H3. The third-order valence-corrected chi connectivity index (χ3v) is 4.81. The second-order valence-electron chi connectivity index (χ2n) is 5.87. The highest BCUT2D eigenvalue weighted by molar-refractivity contribution is 6.31. The lowest BCUT2D eigenvalue weighted by Gasteiger charge is -2.33. The SMILES string of the molecule is CC(c1ccccc1)N1CCn2c(nc3cc(Cl)ccc32)C1. The van der Waals surface area contributed by atoms with Crippen molar-refractivity contribution in [2.24, 2.45) is 0 Å². The maximum atomic E-state index is 6.08. The van der Waals surface area contributed by atoms with Crippen molar-refractivity contribution in [1.29, 1.82) is 0 Å². The zero-order chi connectivity index (χ0) is 15.1. The summed E-state index contributed by atoms with van der Waals surface area (Å²) < 4.78 is 2.32. The van der Waals surface area contributed by atoms with E-state index in [1.807, 2.05) is 12.1 Å². The molecule has 3 nitrogen and oxygen atoms in total. The minimum Gasteiger partial charge on any atom is -0.326 e. The van der Waals surface area contributed by atoms with Gasteiger partial charge in [-0.1, -0.05) is 41.9 Å². The average molecular weight is 312 g/mol. The van der Waals surface area contributed by atoms with Crippen molar-refractivity contribution >= 4 is 22.6 Å². The molecule has 0 spiro atoms. The maximum Gasteiger partial charge on any atom is 0.124 e. The first-order chi connectivity index (χ1) is 10.7. The van der Waals surface area contributed by atoms with Crippen LogP contribution in [0, 0.1) is 0 Å². The van der Waals surface area contributed by atoms with E-state index in [-0.39, 0.29) is 0 Å².